The molecular weight excluding hydrogens is 240 g/mol. The summed E-state index contributed by atoms with van der Waals surface area (Å²) in [4.78, 5) is 15.1. The standard InChI is InChI=1S/C12H15ClN2O2/c1-17-12(16)6-5-9-3-2-4-10(7-9)15-11(14)8-13/h2-4,7H,5-6,8H2,1H3,(H2,14,15). The molecular formula is C12H15ClN2O2. The minimum Gasteiger partial charge on any atom is -0.469 e. The zero-order valence-electron chi connectivity index (χ0n) is 9.65. The number of hydrogen-bond acceptors (Lipinski definition) is 3. The van der Waals surface area contributed by atoms with Crippen molar-refractivity contribution in [2.75, 3.05) is 13.0 Å². The molecule has 0 saturated carbocycles. The van der Waals surface area contributed by atoms with E-state index in [4.69, 9.17) is 17.3 Å². The maximum absolute atomic E-state index is 11.0. The fraction of sp³-hybridized carbons (Fsp3) is 0.333. The number of hydrogen-bond donors (Lipinski definition) is 1. The molecule has 1 aromatic rings. The first-order chi connectivity index (χ1) is 8.15. The van der Waals surface area contributed by atoms with Gasteiger partial charge in [0, 0.05) is 6.42 Å². The molecule has 0 aliphatic rings. The van der Waals surface area contributed by atoms with E-state index in [1.165, 1.54) is 7.11 Å². The van der Waals surface area contributed by atoms with Crippen molar-refractivity contribution in [3.8, 4) is 0 Å². The van der Waals surface area contributed by atoms with Gasteiger partial charge >= 0.3 is 5.97 Å². The van der Waals surface area contributed by atoms with Gasteiger partial charge in [0.25, 0.3) is 0 Å². The fourth-order valence-corrected chi connectivity index (χ4v) is 1.39. The molecule has 0 aliphatic heterocycles. The molecule has 0 fully saturated rings. The second kappa shape index (κ2) is 6.91. The Morgan fingerprint density at radius 1 is 1.53 bits per heavy atom. The second-order valence-electron chi connectivity index (χ2n) is 3.48. The van der Waals surface area contributed by atoms with Gasteiger partial charge in [-0.2, -0.15) is 0 Å². The Labute approximate surface area is 105 Å². The summed E-state index contributed by atoms with van der Waals surface area (Å²) in [7, 11) is 1.38. The number of alkyl halides is 1. The number of halogens is 1. The van der Waals surface area contributed by atoms with Crippen LogP contribution in [0.3, 0.4) is 0 Å². The number of methoxy groups -OCH3 is 1. The highest BCUT2D eigenvalue weighted by Gasteiger charge is 2.02. The lowest BCUT2D eigenvalue weighted by Gasteiger charge is -2.02. The van der Waals surface area contributed by atoms with Crippen molar-refractivity contribution in [1.29, 1.82) is 0 Å². The first-order valence-electron chi connectivity index (χ1n) is 5.20. The maximum atomic E-state index is 11.0. The predicted molar refractivity (Wildman–Crippen MR) is 68.8 cm³/mol. The number of aryl methyl sites for hydroxylation is 1. The third-order valence-corrected chi connectivity index (χ3v) is 2.44. The van der Waals surface area contributed by atoms with Crippen LogP contribution in [-0.4, -0.2) is 24.8 Å². The van der Waals surface area contributed by atoms with Crippen LogP contribution in [0, 0.1) is 0 Å². The number of aliphatic imine (C=N–C) groups is 1. The van der Waals surface area contributed by atoms with Crippen LogP contribution in [0.1, 0.15) is 12.0 Å². The van der Waals surface area contributed by atoms with Gasteiger partial charge in [-0.15, -0.1) is 11.6 Å². The second-order valence-corrected chi connectivity index (χ2v) is 3.75. The number of ether oxygens (including phenoxy) is 1. The summed E-state index contributed by atoms with van der Waals surface area (Å²) >= 11 is 5.55. The van der Waals surface area contributed by atoms with Crippen LogP contribution in [0.15, 0.2) is 29.3 Å². The largest absolute Gasteiger partial charge is 0.469 e. The van der Waals surface area contributed by atoms with Crippen molar-refractivity contribution < 1.29 is 9.53 Å². The van der Waals surface area contributed by atoms with Gasteiger partial charge < -0.3 is 10.5 Å². The molecule has 2 N–H and O–H groups in total. The van der Waals surface area contributed by atoms with Crippen molar-refractivity contribution in [2.45, 2.75) is 12.8 Å². The van der Waals surface area contributed by atoms with E-state index in [1.54, 1.807) is 0 Å². The highest BCUT2D eigenvalue weighted by Crippen LogP contribution is 2.15. The van der Waals surface area contributed by atoms with Gasteiger partial charge in [0.2, 0.25) is 0 Å². The molecule has 4 nitrogen and oxygen atoms in total. The molecule has 0 spiro atoms. The Morgan fingerprint density at radius 2 is 2.29 bits per heavy atom. The summed E-state index contributed by atoms with van der Waals surface area (Å²) in [5.74, 6) is 0.350. The average Bonchev–Trinajstić information content (AvgIpc) is 2.36. The molecule has 0 radical (unpaired) electrons. The van der Waals surface area contributed by atoms with Crippen molar-refractivity contribution in [3.63, 3.8) is 0 Å². The lowest BCUT2D eigenvalue weighted by atomic mass is 10.1. The highest BCUT2D eigenvalue weighted by molar-refractivity contribution is 6.28. The number of carbonyl (C=O) groups is 1. The van der Waals surface area contributed by atoms with E-state index in [0.29, 0.717) is 18.7 Å². The van der Waals surface area contributed by atoms with Gasteiger partial charge in [-0.3, -0.25) is 4.79 Å². The summed E-state index contributed by atoms with van der Waals surface area (Å²) < 4.78 is 4.58. The van der Waals surface area contributed by atoms with Gasteiger partial charge in [-0.25, -0.2) is 4.99 Å². The lowest BCUT2D eigenvalue weighted by Crippen LogP contribution is -2.12. The monoisotopic (exact) mass is 254 g/mol. The van der Waals surface area contributed by atoms with Crippen LogP contribution in [0.25, 0.3) is 0 Å². The molecule has 17 heavy (non-hydrogen) atoms. The van der Waals surface area contributed by atoms with Gasteiger partial charge in [0.15, 0.2) is 0 Å². The van der Waals surface area contributed by atoms with Gasteiger partial charge in [0.1, 0.15) is 5.84 Å². The van der Waals surface area contributed by atoms with Crippen LogP contribution < -0.4 is 5.73 Å². The minimum atomic E-state index is -0.223. The molecule has 0 atom stereocenters. The van der Waals surface area contributed by atoms with Gasteiger partial charge in [0.05, 0.1) is 18.7 Å². The van der Waals surface area contributed by atoms with E-state index < -0.39 is 0 Å². The van der Waals surface area contributed by atoms with Crippen LogP contribution in [-0.2, 0) is 16.0 Å². The fourth-order valence-electron chi connectivity index (χ4n) is 1.33. The third-order valence-electron chi connectivity index (χ3n) is 2.17. The molecule has 0 unspecified atom stereocenters. The summed E-state index contributed by atoms with van der Waals surface area (Å²) in [5.41, 5.74) is 7.30. The van der Waals surface area contributed by atoms with E-state index in [1.807, 2.05) is 24.3 Å². The number of carbonyl (C=O) groups excluding carboxylic acids is 1. The Hall–Kier alpha value is -1.55. The Balaban J connectivity index is 2.69. The van der Waals surface area contributed by atoms with Gasteiger partial charge in [-0.1, -0.05) is 12.1 Å². The van der Waals surface area contributed by atoms with Crippen molar-refractivity contribution in [1.82, 2.24) is 0 Å². The number of nitrogens with zero attached hydrogens (tertiary/aromatic N) is 1. The lowest BCUT2D eigenvalue weighted by molar-refractivity contribution is -0.140. The topological polar surface area (TPSA) is 64.7 Å². The van der Waals surface area contributed by atoms with Crippen LogP contribution in [0.2, 0.25) is 0 Å². The van der Waals surface area contributed by atoms with E-state index in [0.717, 1.165) is 11.3 Å². The quantitative estimate of drug-likeness (QED) is 0.378. The van der Waals surface area contributed by atoms with Crippen molar-refractivity contribution in [2.24, 2.45) is 10.7 Å². The van der Waals surface area contributed by atoms with Crippen LogP contribution in [0.5, 0.6) is 0 Å². The van der Waals surface area contributed by atoms with Gasteiger partial charge in [-0.05, 0) is 24.1 Å². The number of amidine groups is 1. The number of esters is 1. The molecule has 0 aromatic heterocycles. The van der Waals surface area contributed by atoms with E-state index in [-0.39, 0.29) is 11.8 Å². The average molecular weight is 255 g/mol. The van der Waals surface area contributed by atoms with E-state index in [9.17, 15) is 4.79 Å². The zero-order valence-corrected chi connectivity index (χ0v) is 10.4. The maximum Gasteiger partial charge on any atom is 0.305 e. The highest BCUT2D eigenvalue weighted by atomic mass is 35.5. The third kappa shape index (κ3) is 4.87. The first-order valence-corrected chi connectivity index (χ1v) is 5.74. The van der Waals surface area contributed by atoms with E-state index >= 15 is 0 Å². The number of benzene rings is 1. The summed E-state index contributed by atoms with van der Waals surface area (Å²) in [6.45, 7) is 0. The SMILES string of the molecule is COC(=O)CCc1cccc(N=C(N)CCl)c1. The molecule has 0 saturated heterocycles. The van der Waals surface area contributed by atoms with Crippen LogP contribution in [0.4, 0.5) is 5.69 Å². The smallest absolute Gasteiger partial charge is 0.305 e. The van der Waals surface area contributed by atoms with Crippen molar-refractivity contribution >= 4 is 29.1 Å². The molecule has 0 heterocycles. The Morgan fingerprint density at radius 3 is 2.94 bits per heavy atom. The predicted octanol–water partition coefficient (Wildman–Crippen LogP) is 2.02. The number of nitrogens with two attached hydrogens (primary N) is 1. The molecule has 5 heteroatoms. The molecule has 1 rings (SSSR count). The molecule has 1 aromatic carbocycles. The zero-order chi connectivity index (χ0) is 12.7. The Kier molecular flexibility index (Phi) is 5.49. The summed E-state index contributed by atoms with van der Waals surface area (Å²) in [5, 5.41) is 0. The minimum absolute atomic E-state index is 0.201. The van der Waals surface area contributed by atoms with E-state index in [2.05, 4.69) is 9.73 Å². The van der Waals surface area contributed by atoms with Crippen LogP contribution >= 0.6 is 11.6 Å². The molecule has 92 valence electrons. The normalized spacial score (nSPS) is 11.3. The molecule has 0 aliphatic carbocycles. The molecule has 0 amide bonds. The van der Waals surface area contributed by atoms with Crippen molar-refractivity contribution in [3.05, 3.63) is 29.8 Å². The summed E-state index contributed by atoms with van der Waals surface area (Å²) in [6, 6.07) is 7.51. The first kappa shape index (κ1) is 13.5. The Bertz CT molecular complexity index is 419. The molecule has 0 bridgehead atoms. The summed E-state index contributed by atoms with van der Waals surface area (Å²) in [6.07, 6.45) is 0.978. The number of rotatable bonds is 5.